The number of nitrogens with zero attached hydrogens (tertiary/aromatic N) is 2. The summed E-state index contributed by atoms with van der Waals surface area (Å²) in [6.45, 7) is 0. The van der Waals surface area contributed by atoms with Crippen LogP contribution in [-0.4, -0.2) is 15.2 Å². The average Bonchev–Trinajstić information content (AvgIpc) is 2.71. The fraction of sp³-hybridized carbons (Fsp3) is 0.143. The van der Waals surface area contributed by atoms with Crippen molar-refractivity contribution in [1.29, 1.82) is 0 Å². The number of nitrogens with one attached hydrogen (secondary N) is 1. The van der Waals surface area contributed by atoms with E-state index in [9.17, 15) is 0 Å². The van der Waals surface area contributed by atoms with Gasteiger partial charge in [0.25, 0.3) is 0 Å². The molecule has 0 saturated carbocycles. The monoisotopic (exact) mass is 277 g/mol. The third-order valence-corrected chi connectivity index (χ3v) is 3.39. The predicted molar refractivity (Wildman–Crippen MR) is 57.0 cm³/mol. The Morgan fingerprint density at radius 3 is 3.00 bits per heavy atom. The highest BCUT2D eigenvalue weighted by molar-refractivity contribution is 9.10. The molecule has 68 valence electrons. The van der Waals surface area contributed by atoms with Crippen LogP contribution in [0.2, 0.25) is 0 Å². The predicted octanol–water partition coefficient (Wildman–Crippen LogP) is 3.03. The van der Waals surface area contributed by atoms with Crippen LogP contribution in [0.25, 0.3) is 10.7 Å². The molecule has 0 fully saturated rings. The zero-order chi connectivity index (χ0) is 9.26. The fourth-order valence-electron chi connectivity index (χ4n) is 0.896. The van der Waals surface area contributed by atoms with Gasteiger partial charge in [0.2, 0.25) is 0 Å². The SMILES string of the molecule is ClCc1nc(-c2cc(Br)cs2)n[nH]1. The molecule has 2 rings (SSSR count). The molecule has 0 spiro atoms. The second kappa shape index (κ2) is 3.77. The molecule has 1 N–H and O–H groups in total. The smallest absolute Gasteiger partial charge is 0.191 e. The summed E-state index contributed by atoms with van der Waals surface area (Å²) in [5, 5.41) is 8.79. The van der Waals surface area contributed by atoms with Gasteiger partial charge in [0, 0.05) is 9.85 Å². The first-order chi connectivity index (χ1) is 6.29. The Labute approximate surface area is 92.3 Å². The number of hydrogen-bond donors (Lipinski definition) is 1. The largest absolute Gasteiger partial charge is 0.262 e. The summed E-state index contributed by atoms with van der Waals surface area (Å²) in [4.78, 5) is 5.23. The van der Waals surface area contributed by atoms with Gasteiger partial charge in [-0.3, -0.25) is 5.10 Å². The van der Waals surface area contributed by atoms with Crippen LogP contribution in [0.1, 0.15) is 5.82 Å². The van der Waals surface area contributed by atoms with Crippen LogP contribution in [0.15, 0.2) is 15.9 Å². The Morgan fingerprint density at radius 1 is 1.62 bits per heavy atom. The van der Waals surface area contributed by atoms with E-state index in [0.717, 1.165) is 9.35 Å². The maximum absolute atomic E-state index is 5.59. The van der Waals surface area contributed by atoms with Crippen LogP contribution < -0.4 is 0 Å². The highest BCUT2D eigenvalue weighted by Crippen LogP contribution is 2.27. The number of thiophene rings is 1. The summed E-state index contributed by atoms with van der Waals surface area (Å²) in [7, 11) is 0. The molecule has 2 aromatic heterocycles. The van der Waals surface area contributed by atoms with Crippen LogP contribution in [0, 0.1) is 0 Å². The minimum absolute atomic E-state index is 0.361. The lowest BCUT2D eigenvalue weighted by Gasteiger charge is -1.83. The van der Waals surface area contributed by atoms with Gasteiger partial charge in [0.05, 0.1) is 10.8 Å². The maximum Gasteiger partial charge on any atom is 0.191 e. The normalized spacial score (nSPS) is 10.6. The second-order valence-corrected chi connectivity index (χ2v) is 4.46. The number of H-pyrrole nitrogens is 1. The fourth-order valence-corrected chi connectivity index (χ4v) is 2.38. The van der Waals surface area contributed by atoms with Gasteiger partial charge in [-0.05, 0) is 22.0 Å². The Hall–Kier alpha value is -0.390. The van der Waals surface area contributed by atoms with Gasteiger partial charge in [0.15, 0.2) is 5.82 Å². The molecule has 2 aromatic rings. The van der Waals surface area contributed by atoms with Gasteiger partial charge in [0.1, 0.15) is 5.82 Å². The molecule has 0 saturated heterocycles. The van der Waals surface area contributed by atoms with Gasteiger partial charge < -0.3 is 0 Å². The van der Waals surface area contributed by atoms with Crippen molar-refractivity contribution in [3.05, 3.63) is 21.7 Å². The number of halogens is 2. The Balaban J connectivity index is 2.35. The molecule has 0 aliphatic rings. The quantitative estimate of drug-likeness (QED) is 0.858. The van der Waals surface area contributed by atoms with Crippen molar-refractivity contribution in [2.45, 2.75) is 5.88 Å². The van der Waals surface area contributed by atoms with Crippen molar-refractivity contribution in [3.8, 4) is 10.7 Å². The number of rotatable bonds is 2. The Kier molecular flexibility index (Phi) is 2.66. The standard InChI is InChI=1S/C7H5BrClN3S/c8-4-1-5(13-3-4)7-10-6(2-9)11-12-7/h1,3H,2H2,(H,10,11,12). The highest BCUT2D eigenvalue weighted by Gasteiger charge is 2.06. The summed E-state index contributed by atoms with van der Waals surface area (Å²) in [6, 6.07) is 1.98. The molecular weight excluding hydrogens is 274 g/mol. The zero-order valence-corrected chi connectivity index (χ0v) is 9.58. The Bertz CT molecular complexity index is 411. The van der Waals surface area contributed by atoms with Gasteiger partial charge in [-0.1, -0.05) is 0 Å². The lowest BCUT2D eigenvalue weighted by Crippen LogP contribution is -1.78. The van der Waals surface area contributed by atoms with E-state index >= 15 is 0 Å². The first-order valence-corrected chi connectivity index (χ1v) is 5.72. The van der Waals surface area contributed by atoms with E-state index < -0.39 is 0 Å². The van der Waals surface area contributed by atoms with E-state index in [1.165, 1.54) is 0 Å². The molecule has 0 unspecified atom stereocenters. The van der Waals surface area contributed by atoms with Crippen molar-refractivity contribution < 1.29 is 0 Å². The number of alkyl halides is 1. The van der Waals surface area contributed by atoms with Crippen LogP contribution in [0.3, 0.4) is 0 Å². The molecule has 0 bridgehead atoms. The van der Waals surface area contributed by atoms with E-state index in [1.54, 1.807) is 11.3 Å². The number of aromatic amines is 1. The molecular formula is C7H5BrClN3S. The maximum atomic E-state index is 5.59. The summed E-state index contributed by atoms with van der Waals surface area (Å²) in [5.41, 5.74) is 0. The van der Waals surface area contributed by atoms with Gasteiger partial charge in [-0.25, -0.2) is 4.98 Å². The first-order valence-electron chi connectivity index (χ1n) is 3.51. The molecule has 3 nitrogen and oxygen atoms in total. The Morgan fingerprint density at radius 2 is 2.46 bits per heavy atom. The van der Waals surface area contributed by atoms with E-state index in [-0.39, 0.29) is 0 Å². The minimum atomic E-state index is 0.361. The van der Waals surface area contributed by atoms with Gasteiger partial charge in [-0.15, -0.1) is 22.9 Å². The van der Waals surface area contributed by atoms with Crippen LogP contribution >= 0.6 is 38.9 Å². The lowest BCUT2D eigenvalue weighted by molar-refractivity contribution is 1.02. The zero-order valence-electron chi connectivity index (χ0n) is 6.42. The van der Waals surface area contributed by atoms with Crippen molar-refractivity contribution in [2.24, 2.45) is 0 Å². The molecule has 6 heteroatoms. The molecule has 0 aliphatic carbocycles. The molecule has 0 aliphatic heterocycles. The van der Waals surface area contributed by atoms with Crippen molar-refractivity contribution in [3.63, 3.8) is 0 Å². The topological polar surface area (TPSA) is 41.6 Å². The average molecular weight is 279 g/mol. The highest BCUT2D eigenvalue weighted by atomic mass is 79.9. The summed E-state index contributed by atoms with van der Waals surface area (Å²) in [6.07, 6.45) is 0. The summed E-state index contributed by atoms with van der Waals surface area (Å²) in [5.74, 6) is 1.76. The third-order valence-electron chi connectivity index (χ3n) is 1.45. The lowest BCUT2D eigenvalue weighted by atomic mass is 10.4. The number of hydrogen-bond acceptors (Lipinski definition) is 3. The molecule has 0 aromatic carbocycles. The van der Waals surface area contributed by atoms with Crippen LogP contribution in [0.5, 0.6) is 0 Å². The first kappa shape index (κ1) is 9.18. The third kappa shape index (κ3) is 1.92. The van der Waals surface area contributed by atoms with Gasteiger partial charge >= 0.3 is 0 Å². The molecule has 13 heavy (non-hydrogen) atoms. The van der Waals surface area contributed by atoms with Crippen molar-refractivity contribution in [2.75, 3.05) is 0 Å². The minimum Gasteiger partial charge on any atom is -0.262 e. The number of aromatic nitrogens is 3. The van der Waals surface area contributed by atoms with Crippen LogP contribution in [-0.2, 0) is 5.88 Å². The second-order valence-electron chi connectivity index (χ2n) is 2.37. The molecule has 2 heterocycles. The van der Waals surface area contributed by atoms with E-state index in [4.69, 9.17) is 11.6 Å². The van der Waals surface area contributed by atoms with Gasteiger partial charge in [-0.2, -0.15) is 5.10 Å². The van der Waals surface area contributed by atoms with Crippen LogP contribution in [0.4, 0.5) is 0 Å². The molecule has 0 atom stereocenters. The summed E-state index contributed by atoms with van der Waals surface area (Å²) < 4.78 is 1.05. The van der Waals surface area contributed by atoms with E-state index in [1.807, 2.05) is 11.4 Å². The van der Waals surface area contributed by atoms with E-state index in [2.05, 4.69) is 31.1 Å². The molecule has 0 radical (unpaired) electrons. The molecule has 0 amide bonds. The van der Waals surface area contributed by atoms with Crippen molar-refractivity contribution in [1.82, 2.24) is 15.2 Å². The van der Waals surface area contributed by atoms with Crippen molar-refractivity contribution >= 4 is 38.9 Å². The summed E-state index contributed by atoms with van der Waals surface area (Å²) >= 11 is 10.6. The van der Waals surface area contributed by atoms with E-state index in [0.29, 0.717) is 17.5 Å².